The number of aliphatic imine (C=N–C) groups is 1. The maximum Gasteiger partial charge on any atom is 0.194 e. The topological polar surface area (TPSA) is 74.1 Å². The number of hydrogen-bond donors (Lipinski definition) is 2. The first-order valence-electron chi connectivity index (χ1n) is 10.8. The summed E-state index contributed by atoms with van der Waals surface area (Å²) in [5.74, 6) is 2.67. The summed E-state index contributed by atoms with van der Waals surface area (Å²) in [5.41, 5.74) is 3.46. The highest BCUT2D eigenvalue weighted by atomic mass is 127. The van der Waals surface area contributed by atoms with Crippen LogP contribution in [0, 0.1) is 0 Å². The summed E-state index contributed by atoms with van der Waals surface area (Å²) in [6.07, 6.45) is 6.72. The molecule has 8 heteroatoms. The molecule has 2 aromatic heterocycles. The molecular weight excluding hydrogens is 525 g/mol. The van der Waals surface area contributed by atoms with Crippen molar-refractivity contribution in [2.24, 2.45) is 4.99 Å². The molecule has 2 N–H and O–H groups in total. The number of nitrogens with zero attached hydrogens (tertiary/aromatic N) is 5. The molecule has 0 fully saturated rings. The predicted octanol–water partition coefficient (Wildman–Crippen LogP) is 4.34. The summed E-state index contributed by atoms with van der Waals surface area (Å²) in [6.45, 7) is 2.12. The highest BCUT2D eigenvalue weighted by Gasteiger charge is 2.11. The summed E-state index contributed by atoms with van der Waals surface area (Å²) in [6, 6.07) is 20.7. The number of guanidine groups is 1. The van der Waals surface area contributed by atoms with E-state index in [1.807, 2.05) is 54.8 Å². The predicted molar refractivity (Wildman–Crippen MR) is 143 cm³/mol. The molecule has 0 saturated carbocycles. The molecule has 0 aliphatic heterocycles. The van der Waals surface area contributed by atoms with Gasteiger partial charge in [0, 0.05) is 33.0 Å². The average molecular weight is 555 g/mol. The van der Waals surface area contributed by atoms with Crippen molar-refractivity contribution in [3.63, 3.8) is 0 Å². The van der Waals surface area contributed by atoms with E-state index in [2.05, 4.69) is 66.2 Å². The zero-order valence-corrected chi connectivity index (χ0v) is 21.3. The number of aromatic nitrogens is 4. The van der Waals surface area contributed by atoms with E-state index in [9.17, 15) is 0 Å². The molecule has 33 heavy (non-hydrogen) atoms. The van der Waals surface area contributed by atoms with Gasteiger partial charge < -0.3 is 19.8 Å². The molecule has 0 aliphatic rings. The van der Waals surface area contributed by atoms with Crippen molar-refractivity contribution >= 4 is 29.9 Å². The van der Waals surface area contributed by atoms with Gasteiger partial charge in [-0.3, -0.25) is 4.99 Å². The third-order valence-electron chi connectivity index (χ3n) is 5.36. The number of hydrogen-bond acceptors (Lipinski definition) is 3. The Bertz CT molecular complexity index is 1140. The van der Waals surface area contributed by atoms with Gasteiger partial charge in [0.15, 0.2) is 5.96 Å². The van der Waals surface area contributed by atoms with E-state index in [0.717, 1.165) is 41.8 Å². The van der Waals surface area contributed by atoms with E-state index < -0.39 is 0 Å². The van der Waals surface area contributed by atoms with E-state index in [4.69, 9.17) is 0 Å². The number of halogens is 1. The van der Waals surface area contributed by atoms with Gasteiger partial charge in [-0.1, -0.05) is 60.7 Å². The number of aromatic amines is 1. The van der Waals surface area contributed by atoms with Gasteiger partial charge in [-0.25, -0.2) is 9.97 Å². The van der Waals surface area contributed by atoms with Crippen LogP contribution in [0.5, 0.6) is 0 Å². The normalized spacial score (nSPS) is 11.2. The number of rotatable bonds is 8. The molecule has 2 aromatic carbocycles. The molecule has 0 unspecified atom stereocenters. The van der Waals surface area contributed by atoms with Gasteiger partial charge in [0.1, 0.15) is 11.6 Å². The fourth-order valence-electron chi connectivity index (χ4n) is 3.65. The van der Waals surface area contributed by atoms with E-state index >= 15 is 0 Å². The zero-order valence-electron chi connectivity index (χ0n) is 19.0. The molecule has 172 valence electrons. The molecule has 2 heterocycles. The van der Waals surface area contributed by atoms with Gasteiger partial charge in [-0.05, 0) is 17.5 Å². The lowest BCUT2D eigenvalue weighted by molar-refractivity contribution is 0.461. The Morgan fingerprint density at radius 2 is 1.79 bits per heavy atom. The van der Waals surface area contributed by atoms with Gasteiger partial charge >= 0.3 is 0 Å². The van der Waals surface area contributed by atoms with Crippen LogP contribution in [-0.2, 0) is 26.1 Å². The Hall–Kier alpha value is -3.14. The number of imidazole rings is 2. The van der Waals surface area contributed by atoms with Crippen molar-refractivity contribution in [1.82, 2.24) is 29.7 Å². The maximum atomic E-state index is 4.53. The molecule has 0 saturated heterocycles. The van der Waals surface area contributed by atoms with E-state index in [1.54, 1.807) is 7.05 Å². The maximum absolute atomic E-state index is 4.53. The number of nitrogens with one attached hydrogen (secondary N) is 2. The van der Waals surface area contributed by atoms with Crippen LogP contribution in [0.25, 0.3) is 11.3 Å². The Morgan fingerprint density at radius 1 is 1.06 bits per heavy atom. The van der Waals surface area contributed by atoms with Crippen molar-refractivity contribution in [3.8, 4) is 11.3 Å². The smallest absolute Gasteiger partial charge is 0.194 e. The van der Waals surface area contributed by atoms with Gasteiger partial charge in [-0.15, -0.1) is 24.0 Å². The van der Waals surface area contributed by atoms with Crippen LogP contribution in [-0.4, -0.2) is 44.5 Å². The van der Waals surface area contributed by atoms with Crippen LogP contribution >= 0.6 is 24.0 Å². The first-order chi connectivity index (χ1) is 15.7. The standard InChI is InChI=1S/C25H29N7.HI/c1-26-25(31(2)19-23-28-17-22(30-23)21-11-7-4-8-12-21)29-18-24-27-14-16-32(24)15-13-20-9-5-3-6-10-20;/h3-12,14,16-17H,13,15,18-19H2,1-2H3,(H,26,29)(H,28,30);1H. The molecule has 0 radical (unpaired) electrons. The molecule has 0 amide bonds. The fourth-order valence-corrected chi connectivity index (χ4v) is 3.65. The quantitative estimate of drug-likeness (QED) is 0.193. The summed E-state index contributed by atoms with van der Waals surface area (Å²) in [7, 11) is 3.79. The highest BCUT2D eigenvalue weighted by Crippen LogP contribution is 2.16. The Balaban J connectivity index is 0.00000306. The van der Waals surface area contributed by atoms with E-state index in [-0.39, 0.29) is 24.0 Å². The molecule has 0 aliphatic carbocycles. The minimum atomic E-state index is 0. The lowest BCUT2D eigenvalue weighted by Gasteiger charge is -2.21. The van der Waals surface area contributed by atoms with E-state index in [1.165, 1.54) is 5.56 Å². The number of H-pyrrole nitrogens is 1. The van der Waals surface area contributed by atoms with Crippen molar-refractivity contribution in [2.45, 2.75) is 26.1 Å². The molecule has 4 rings (SSSR count). The fraction of sp³-hybridized carbons (Fsp3) is 0.240. The van der Waals surface area contributed by atoms with Crippen LogP contribution in [0.15, 0.2) is 84.2 Å². The molecule has 0 spiro atoms. The van der Waals surface area contributed by atoms with Gasteiger partial charge in [0.05, 0.1) is 25.0 Å². The zero-order chi connectivity index (χ0) is 22.2. The molecule has 7 nitrogen and oxygen atoms in total. The second-order valence-corrected chi connectivity index (χ2v) is 7.64. The first-order valence-corrected chi connectivity index (χ1v) is 10.8. The van der Waals surface area contributed by atoms with E-state index in [0.29, 0.717) is 13.1 Å². The van der Waals surface area contributed by atoms with Crippen LogP contribution in [0.4, 0.5) is 0 Å². The highest BCUT2D eigenvalue weighted by molar-refractivity contribution is 14.0. The molecule has 0 atom stereocenters. The second kappa shape index (κ2) is 12.2. The van der Waals surface area contributed by atoms with Crippen molar-refractivity contribution < 1.29 is 0 Å². The van der Waals surface area contributed by atoms with Crippen molar-refractivity contribution in [2.75, 3.05) is 14.1 Å². The summed E-state index contributed by atoms with van der Waals surface area (Å²) >= 11 is 0. The van der Waals surface area contributed by atoms with Crippen LogP contribution in [0.3, 0.4) is 0 Å². The largest absolute Gasteiger partial charge is 0.349 e. The monoisotopic (exact) mass is 555 g/mol. The van der Waals surface area contributed by atoms with Gasteiger partial charge in [0.2, 0.25) is 0 Å². The molecule has 0 bridgehead atoms. The third kappa shape index (κ3) is 6.67. The van der Waals surface area contributed by atoms with Crippen molar-refractivity contribution in [1.29, 1.82) is 0 Å². The van der Waals surface area contributed by atoms with Crippen molar-refractivity contribution in [3.05, 3.63) is 96.5 Å². The Labute approximate surface area is 212 Å². The average Bonchev–Trinajstić information content (AvgIpc) is 3.49. The molecule has 4 aromatic rings. The first kappa shape index (κ1) is 24.5. The van der Waals surface area contributed by atoms with Crippen LogP contribution in [0.2, 0.25) is 0 Å². The van der Waals surface area contributed by atoms with Gasteiger partial charge in [-0.2, -0.15) is 0 Å². The minimum absolute atomic E-state index is 0. The Morgan fingerprint density at radius 3 is 2.52 bits per heavy atom. The second-order valence-electron chi connectivity index (χ2n) is 7.64. The SMILES string of the molecule is CN=C(NCc1nccn1CCc1ccccc1)N(C)Cc1ncc(-c2ccccc2)[nH]1.I. The molecular formula is C25H30IN7. The lowest BCUT2D eigenvalue weighted by atomic mass is 10.1. The minimum Gasteiger partial charge on any atom is -0.349 e. The summed E-state index contributed by atoms with van der Waals surface area (Å²) < 4.78 is 2.19. The van der Waals surface area contributed by atoms with Gasteiger partial charge in [0.25, 0.3) is 0 Å². The number of benzene rings is 2. The van der Waals surface area contributed by atoms with Crippen LogP contribution in [0.1, 0.15) is 17.2 Å². The summed E-state index contributed by atoms with van der Waals surface area (Å²) in [5, 5.41) is 3.42. The summed E-state index contributed by atoms with van der Waals surface area (Å²) in [4.78, 5) is 18.9. The third-order valence-corrected chi connectivity index (χ3v) is 5.36. The lowest BCUT2D eigenvalue weighted by Crippen LogP contribution is -2.38. The Kier molecular flexibility index (Phi) is 9.05. The van der Waals surface area contributed by atoms with Crippen LogP contribution < -0.4 is 5.32 Å². The number of aryl methyl sites for hydroxylation is 2.